The third-order valence-electron chi connectivity index (χ3n) is 6.38. The molecular weight excluding hydrogens is 554 g/mol. The van der Waals surface area contributed by atoms with E-state index in [2.05, 4.69) is 26.1 Å². The maximum Gasteiger partial charge on any atom is 0.291 e. The molecule has 37 heavy (non-hydrogen) atoms. The van der Waals surface area contributed by atoms with E-state index in [1.807, 2.05) is 66.4 Å². The van der Waals surface area contributed by atoms with Crippen molar-refractivity contribution in [1.29, 1.82) is 0 Å². The summed E-state index contributed by atoms with van der Waals surface area (Å²) in [6.45, 7) is 4.30. The molecule has 0 radical (unpaired) electrons. The monoisotopic (exact) mass is 577 g/mol. The van der Waals surface area contributed by atoms with Crippen LogP contribution < -0.4 is 10.2 Å². The van der Waals surface area contributed by atoms with Gasteiger partial charge in [0.2, 0.25) is 0 Å². The van der Waals surface area contributed by atoms with E-state index in [1.165, 1.54) is 0 Å². The van der Waals surface area contributed by atoms with Gasteiger partial charge in [0.1, 0.15) is 5.76 Å². The van der Waals surface area contributed by atoms with Gasteiger partial charge in [-0.25, -0.2) is 0 Å². The summed E-state index contributed by atoms with van der Waals surface area (Å²) in [5, 5.41) is 3.49. The second-order valence-corrected chi connectivity index (χ2v) is 10.2. The molecular formula is C29H25BrClN3O3. The molecule has 4 aromatic rings. The fourth-order valence-corrected chi connectivity index (χ4v) is 4.92. The molecule has 1 aliphatic heterocycles. The molecule has 2 amide bonds. The zero-order valence-electron chi connectivity index (χ0n) is 20.2. The van der Waals surface area contributed by atoms with E-state index in [1.54, 1.807) is 24.3 Å². The average Bonchev–Trinajstić information content (AvgIpc) is 3.40. The Labute approximate surface area is 229 Å². The van der Waals surface area contributed by atoms with Crippen LogP contribution in [0, 0.1) is 6.92 Å². The van der Waals surface area contributed by atoms with Gasteiger partial charge >= 0.3 is 0 Å². The highest BCUT2D eigenvalue weighted by Crippen LogP contribution is 2.35. The fourth-order valence-electron chi connectivity index (χ4n) is 4.36. The molecule has 0 atom stereocenters. The number of benzene rings is 3. The van der Waals surface area contributed by atoms with Gasteiger partial charge in [-0.3, -0.25) is 9.59 Å². The third kappa shape index (κ3) is 5.58. The second-order valence-electron chi connectivity index (χ2n) is 8.91. The Hall–Kier alpha value is -3.55. The molecule has 8 heteroatoms. The smallest absolute Gasteiger partial charge is 0.291 e. The number of furan rings is 1. The summed E-state index contributed by atoms with van der Waals surface area (Å²) in [4.78, 5) is 29.9. The Morgan fingerprint density at radius 1 is 0.892 bits per heavy atom. The standard InChI is InChI=1S/C29H25BrClN3O3/c1-19-5-7-21(8-6-19)29(36)34-17-15-33(16-18-34)27-23(31)3-2-4-24(27)32-28(35)26-14-13-25(37-26)20-9-11-22(30)12-10-20/h2-14H,15-18H2,1H3,(H,32,35). The van der Waals surface area contributed by atoms with Crippen LogP contribution in [-0.2, 0) is 0 Å². The summed E-state index contributed by atoms with van der Waals surface area (Å²) in [7, 11) is 0. The molecule has 0 spiro atoms. The van der Waals surface area contributed by atoms with E-state index in [4.69, 9.17) is 16.0 Å². The number of nitrogens with zero attached hydrogens (tertiary/aromatic N) is 2. The summed E-state index contributed by atoms with van der Waals surface area (Å²) >= 11 is 10.0. The van der Waals surface area contributed by atoms with Gasteiger partial charge in [-0.1, -0.05) is 63.4 Å². The van der Waals surface area contributed by atoms with Gasteiger partial charge in [-0.2, -0.15) is 0 Å². The summed E-state index contributed by atoms with van der Waals surface area (Å²) in [6.07, 6.45) is 0. The van der Waals surface area contributed by atoms with E-state index in [9.17, 15) is 9.59 Å². The molecule has 1 saturated heterocycles. The molecule has 1 aromatic heterocycles. The van der Waals surface area contributed by atoms with Crippen LogP contribution in [0.1, 0.15) is 26.5 Å². The van der Waals surface area contributed by atoms with Gasteiger partial charge in [0.25, 0.3) is 11.8 Å². The van der Waals surface area contributed by atoms with Crippen LogP contribution in [0.3, 0.4) is 0 Å². The number of nitrogens with one attached hydrogen (secondary N) is 1. The Morgan fingerprint density at radius 2 is 1.59 bits per heavy atom. The number of piperazine rings is 1. The van der Waals surface area contributed by atoms with E-state index < -0.39 is 0 Å². The Morgan fingerprint density at radius 3 is 2.30 bits per heavy atom. The van der Waals surface area contributed by atoms with Crippen LogP contribution in [0.4, 0.5) is 11.4 Å². The van der Waals surface area contributed by atoms with Gasteiger partial charge < -0.3 is 19.5 Å². The highest BCUT2D eigenvalue weighted by Gasteiger charge is 2.26. The highest BCUT2D eigenvalue weighted by atomic mass is 79.9. The molecule has 0 aliphatic carbocycles. The van der Waals surface area contributed by atoms with Crippen molar-refractivity contribution < 1.29 is 14.0 Å². The number of rotatable bonds is 5. The maximum atomic E-state index is 13.1. The molecule has 1 N–H and O–H groups in total. The SMILES string of the molecule is Cc1ccc(C(=O)N2CCN(c3c(Cl)cccc3NC(=O)c3ccc(-c4ccc(Br)cc4)o3)CC2)cc1. The second kappa shape index (κ2) is 10.8. The number of aryl methyl sites for hydroxylation is 1. The largest absolute Gasteiger partial charge is 0.451 e. The Balaban J connectivity index is 1.28. The summed E-state index contributed by atoms with van der Waals surface area (Å²) in [6, 6.07) is 24.2. The zero-order valence-corrected chi connectivity index (χ0v) is 22.6. The van der Waals surface area contributed by atoms with Crippen LogP contribution in [-0.4, -0.2) is 42.9 Å². The molecule has 2 heterocycles. The van der Waals surface area contributed by atoms with E-state index in [0.29, 0.717) is 48.2 Å². The van der Waals surface area contributed by atoms with Crippen molar-refractivity contribution in [2.24, 2.45) is 0 Å². The Bertz CT molecular complexity index is 1430. The molecule has 6 nitrogen and oxygen atoms in total. The van der Waals surface area contributed by atoms with Crippen molar-refractivity contribution in [1.82, 2.24) is 4.90 Å². The summed E-state index contributed by atoms with van der Waals surface area (Å²) < 4.78 is 6.80. The lowest BCUT2D eigenvalue weighted by molar-refractivity contribution is 0.0746. The quantitative estimate of drug-likeness (QED) is 0.280. The minimum Gasteiger partial charge on any atom is -0.451 e. The lowest BCUT2D eigenvalue weighted by Gasteiger charge is -2.37. The first-order valence-electron chi connectivity index (χ1n) is 12.0. The van der Waals surface area contributed by atoms with Gasteiger partial charge in [0.05, 0.1) is 16.4 Å². The van der Waals surface area contributed by atoms with Crippen molar-refractivity contribution in [2.45, 2.75) is 6.92 Å². The predicted molar refractivity (Wildman–Crippen MR) is 151 cm³/mol. The van der Waals surface area contributed by atoms with Gasteiger partial charge in [0, 0.05) is 41.8 Å². The maximum absolute atomic E-state index is 13.1. The van der Waals surface area contributed by atoms with Gasteiger partial charge in [-0.15, -0.1) is 0 Å². The van der Waals surface area contributed by atoms with E-state index in [0.717, 1.165) is 21.3 Å². The van der Waals surface area contributed by atoms with Crippen LogP contribution in [0.5, 0.6) is 0 Å². The number of halogens is 2. The van der Waals surface area contributed by atoms with Crippen LogP contribution in [0.2, 0.25) is 5.02 Å². The van der Waals surface area contributed by atoms with Crippen LogP contribution in [0.15, 0.2) is 87.8 Å². The lowest BCUT2D eigenvalue weighted by atomic mass is 10.1. The molecule has 0 unspecified atom stereocenters. The molecule has 0 saturated carbocycles. The zero-order chi connectivity index (χ0) is 25.9. The number of carbonyl (C=O) groups is 2. The minimum absolute atomic E-state index is 0.0201. The third-order valence-corrected chi connectivity index (χ3v) is 7.21. The Kier molecular flexibility index (Phi) is 7.35. The van der Waals surface area contributed by atoms with Crippen molar-refractivity contribution >= 4 is 50.7 Å². The number of carbonyl (C=O) groups excluding carboxylic acids is 2. The molecule has 1 aliphatic rings. The molecule has 0 bridgehead atoms. The normalized spacial score (nSPS) is 13.5. The van der Waals surface area contributed by atoms with Crippen molar-refractivity contribution in [3.8, 4) is 11.3 Å². The first-order chi connectivity index (χ1) is 17.9. The fraction of sp³-hybridized carbons (Fsp3) is 0.172. The number of para-hydroxylation sites is 1. The minimum atomic E-state index is -0.361. The average molecular weight is 579 g/mol. The van der Waals surface area contributed by atoms with Crippen LogP contribution in [0.25, 0.3) is 11.3 Å². The predicted octanol–water partition coefficient (Wildman–Crippen LogP) is 6.89. The van der Waals surface area contributed by atoms with Gasteiger partial charge in [0.15, 0.2) is 5.76 Å². The first-order valence-corrected chi connectivity index (χ1v) is 13.1. The van der Waals surface area contributed by atoms with Crippen LogP contribution >= 0.6 is 27.5 Å². The number of amides is 2. The summed E-state index contributed by atoms with van der Waals surface area (Å²) in [5.41, 5.74) is 4.01. The first kappa shape index (κ1) is 25.1. The number of anilines is 2. The number of hydrogen-bond donors (Lipinski definition) is 1. The molecule has 188 valence electrons. The van der Waals surface area contributed by atoms with E-state index in [-0.39, 0.29) is 17.6 Å². The lowest BCUT2D eigenvalue weighted by Crippen LogP contribution is -2.49. The van der Waals surface area contributed by atoms with Gasteiger partial charge in [-0.05, 0) is 55.5 Å². The number of hydrogen-bond acceptors (Lipinski definition) is 4. The van der Waals surface area contributed by atoms with Crippen molar-refractivity contribution in [2.75, 3.05) is 36.4 Å². The highest BCUT2D eigenvalue weighted by molar-refractivity contribution is 9.10. The topological polar surface area (TPSA) is 65.8 Å². The molecule has 5 rings (SSSR count). The van der Waals surface area contributed by atoms with E-state index >= 15 is 0 Å². The molecule has 3 aromatic carbocycles. The molecule has 1 fully saturated rings. The summed E-state index contributed by atoms with van der Waals surface area (Å²) in [5.74, 6) is 0.475. The van der Waals surface area contributed by atoms with Crippen molar-refractivity contribution in [3.05, 3.63) is 105 Å². The van der Waals surface area contributed by atoms with Crippen molar-refractivity contribution in [3.63, 3.8) is 0 Å².